The Bertz CT molecular complexity index is 747. The van der Waals surface area contributed by atoms with Gasteiger partial charge in [-0.15, -0.1) is 0 Å². The Hall–Kier alpha value is -0.0394. The molecule has 0 aliphatic carbocycles. The Morgan fingerprint density at radius 2 is 1.41 bits per heavy atom. The molecular weight excluding hydrogens is 541 g/mol. The van der Waals surface area contributed by atoms with Crippen LogP contribution in [0.15, 0.2) is 0 Å². The highest BCUT2D eigenvalue weighted by Gasteiger charge is 2.44. The average molecular weight is 605 g/mol. The highest BCUT2D eigenvalue weighted by atomic mass is 28.4. The van der Waals surface area contributed by atoms with Crippen LogP contribution in [0.3, 0.4) is 0 Å². The van der Waals surface area contributed by atoms with Gasteiger partial charge in [-0.2, -0.15) is 0 Å². The molecule has 39 heavy (non-hydrogen) atoms. The summed E-state index contributed by atoms with van der Waals surface area (Å²) in [5, 5.41) is 11.6. The molecule has 1 aliphatic rings. The maximum Gasteiger partial charge on any atom is 0.306 e. The van der Waals surface area contributed by atoms with E-state index in [1.165, 1.54) is 0 Å². The fourth-order valence-corrected chi connectivity index (χ4v) is 10.0. The molecule has 232 valence electrons. The van der Waals surface area contributed by atoms with Crippen LogP contribution in [-0.4, -0.2) is 67.1 Å². The second kappa shape index (κ2) is 14.4. The van der Waals surface area contributed by atoms with Crippen molar-refractivity contribution in [1.29, 1.82) is 0 Å². The lowest BCUT2D eigenvalue weighted by Gasteiger charge is -2.42. The van der Waals surface area contributed by atoms with Gasteiger partial charge in [0.1, 0.15) is 6.10 Å². The molecule has 1 heterocycles. The van der Waals surface area contributed by atoms with Gasteiger partial charge in [0.25, 0.3) is 0 Å². The van der Waals surface area contributed by atoms with E-state index in [4.69, 9.17) is 18.0 Å². The molecule has 0 aromatic heterocycles. The molecule has 1 N–H and O–H groups in total. The second-order valence-corrected chi connectivity index (χ2v) is 29.4. The van der Waals surface area contributed by atoms with Gasteiger partial charge in [-0.1, -0.05) is 69.2 Å². The first-order valence-corrected chi connectivity index (χ1v) is 23.8. The third kappa shape index (κ3) is 10.6. The largest absolute Gasteiger partial charge is 0.459 e. The third-order valence-electron chi connectivity index (χ3n) is 10.0. The van der Waals surface area contributed by atoms with Crippen molar-refractivity contribution in [2.75, 3.05) is 6.61 Å². The van der Waals surface area contributed by atoms with E-state index in [0.717, 1.165) is 24.6 Å². The maximum atomic E-state index is 12.1. The topological polar surface area (TPSA) is 74.2 Å². The molecule has 1 saturated heterocycles. The van der Waals surface area contributed by atoms with Gasteiger partial charge >= 0.3 is 5.97 Å². The van der Waals surface area contributed by atoms with Gasteiger partial charge in [-0.05, 0) is 67.2 Å². The summed E-state index contributed by atoms with van der Waals surface area (Å²) >= 11 is 0. The van der Waals surface area contributed by atoms with E-state index in [-0.39, 0.29) is 40.3 Å². The minimum Gasteiger partial charge on any atom is -0.459 e. The lowest BCUT2D eigenvalue weighted by atomic mass is 9.94. The van der Waals surface area contributed by atoms with Crippen molar-refractivity contribution in [3.8, 4) is 0 Å². The number of carbonyl (C=O) groups excluding carboxylic acids is 1. The van der Waals surface area contributed by atoms with Crippen molar-refractivity contribution in [2.45, 2.75) is 174 Å². The van der Waals surface area contributed by atoms with Gasteiger partial charge in [0.15, 0.2) is 25.0 Å². The Kier molecular flexibility index (Phi) is 13.7. The van der Waals surface area contributed by atoms with Crippen LogP contribution in [0, 0.1) is 5.92 Å². The summed E-state index contributed by atoms with van der Waals surface area (Å²) in [4.78, 5) is 12.1. The van der Waals surface area contributed by atoms with Crippen LogP contribution < -0.4 is 0 Å². The molecule has 6 nitrogen and oxygen atoms in total. The number of aliphatic hydroxyl groups excluding tert-OH is 1. The number of ether oxygens (including phenoxy) is 1. The fourth-order valence-electron chi connectivity index (χ4n) is 4.76. The quantitative estimate of drug-likeness (QED) is 0.141. The zero-order valence-corrected chi connectivity index (χ0v) is 31.0. The minimum atomic E-state index is -2.02. The smallest absolute Gasteiger partial charge is 0.306 e. The summed E-state index contributed by atoms with van der Waals surface area (Å²) in [5.74, 6) is -0.0578. The van der Waals surface area contributed by atoms with Gasteiger partial charge in [-0.3, -0.25) is 4.79 Å². The fraction of sp³-hybridized carbons (Fsp3) is 0.967. The second-order valence-electron chi connectivity index (χ2n) is 15.1. The number of hydrogen-bond donors (Lipinski definition) is 1. The first-order valence-electron chi connectivity index (χ1n) is 15.5. The normalized spacial score (nSPS) is 22.1. The molecule has 5 atom stereocenters. The van der Waals surface area contributed by atoms with Gasteiger partial charge in [0.2, 0.25) is 0 Å². The average Bonchev–Trinajstić information content (AvgIpc) is 3.14. The van der Waals surface area contributed by atoms with Crippen molar-refractivity contribution < 1.29 is 27.9 Å². The Morgan fingerprint density at radius 1 is 0.897 bits per heavy atom. The molecule has 0 aromatic carbocycles. The van der Waals surface area contributed by atoms with Crippen molar-refractivity contribution in [2.24, 2.45) is 5.92 Å². The van der Waals surface area contributed by atoms with Crippen molar-refractivity contribution >= 4 is 30.9 Å². The number of cyclic esters (lactones) is 1. The lowest BCUT2D eigenvalue weighted by Crippen LogP contribution is -2.48. The van der Waals surface area contributed by atoms with Gasteiger partial charge in [0.05, 0.1) is 31.3 Å². The standard InChI is InChI=1S/C30H64O6Si3/c1-15-39(16-2,17-3)36-26(28-23(4)20-27(32)34-28)21-24(31)18-19-25(35-38(13,14)30(8,9)10)22-33-37(11,12)29(5,6)7/h23-26,28,31H,15-22H2,1-14H3/t23-,24-,25+,26?,28?/m0/s1. The van der Waals surface area contributed by atoms with E-state index in [1.807, 2.05) is 0 Å². The van der Waals surface area contributed by atoms with Crippen LogP contribution in [0.1, 0.15) is 94.9 Å². The summed E-state index contributed by atoms with van der Waals surface area (Å²) in [5.41, 5.74) is 0. The number of carbonyl (C=O) groups is 1. The first-order chi connectivity index (χ1) is 17.6. The molecule has 9 heteroatoms. The number of hydrogen-bond acceptors (Lipinski definition) is 6. The molecule has 0 amide bonds. The summed E-state index contributed by atoms with van der Waals surface area (Å²) in [6.07, 6.45) is 1.06. The number of esters is 1. The highest BCUT2D eigenvalue weighted by Crippen LogP contribution is 2.40. The predicted molar refractivity (Wildman–Crippen MR) is 171 cm³/mol. The van der Waals surface area contributed by atoms with Crippen LogP contribution in [0.4, 0.5) is 0 Å². The molecule has 0 spiro atoms. The zero-order chi connectivity index (χ0) is 30.4. The maximum absolute atomic E-state index is 12.1. The van der Waals surface area contributed by atoms with Crippen LogP contribution >= 0.6 is 0 Å². The number of rotatable bonds is 16. The number of aliphatic hydroxyl groups is 1. The van der Waals surface area contributed by atoms with Gasteiger partial charge in [-0.25, -0.2) is 0 Å². The van der Waals surface area contributed by atoms with E-state index in [2.05, 4.69) is 95.4 Å². The molecule has 1 rings (SSSR count). The molecular formula is C30H64O6Si3. The Balaban J connectivity index is 3.06. The highest BCUT2D eigenvalue weighted by molar-refractivity contribution is 6.75. The monoisotopic (exact) mass is 604 g/mol. The predicted octanol–water partition coefficient (Wildman–Crippen LogP) is 8.27. The van der Waals surface area contributed by atoms with Crippen LogP contribution in [0.5, 0.6) is 0 Å². The third-order valence-corrected chi connectivity index (χ3v) is 23.8. The van der Waals surface area contributed by atoms with Crippen LogP contribution in [0.2, 0.25) is 54.4 Å². The summed E-state index contributed by atoms with van der Waals surface area (Å²) < 4.78 is 26.1. The molecule has 0 aromatic rings. The molecule has 2 unspecified atom stereocenters. The first kappa shape index (κ1) is 37.0. The molecule has 0 bridgehead atoms. The molecule has 0 saturated carbocycles. The van der Waals surface area contributed by atoms with Gasteiger partial charge in [0, 0.05) is 12.3 Å². The minimum absolute atomic E-state index is 0.0624. The van der Waals surface area contributed by atoms with Crippen LogP contribution in [-0.2, 0) is 22.8 Å². The lowest BCUT2D eigenvalue weighted by molar-refractivity contribution is -0.146. The summed E-state index contributed by atoms with van der Waals surface area (Å²) in [6.45, 7) is 31.9. The summed E-state index contributed by atoms with van der Waals surface area (Å²) in [6, 6.07) is 3.07. The summed E-state index contributed by atoms with van der Waals surface area (Å²) in [7, 11) is -5.91. The molecule has 0 radical (unpaired) electrons. The molecule has 1 fully saturated rings. The van der Waals surface area contributed by atoms with Crippen LogP contribution in [0.25, 0.3) is 0 Å². The van der Waals surface area contributed by atoms with Crippen molar-refractivity contribution in [1.82, 2.24) is 0 Å². The van der Waals surface area contributed by atoms with Gasteiger partial charge < -0.3 is 23.1 Å². The van der Waals surface area contributed by atoms with E-state index in [0.29, 0.717) is 25.9 Å². The van der Waals surface area contributed by atoms with E-state index in [9.17, 15) is 9.90 Å². The zero-order valence-electron chi connectivity index (χ0n) is 28.0. The van der Waals surface area contributed by atoms with E-state index >= 15 is 0 Å². The van der Waals surface area contributed by atoms with E-state index < -0.39 is 31.1 Å². The SMILES string of the molecule is CC[Si](CC)(CC)OC(C[C@@H](O)CC[C@H](CO[Si](C)(C)C(C)(C)C)O[Si](C)(C)C(C)(C)C)C1OC(=O)C[C@@H]1C. The van der Waals surface area contributed by atoms with Crippen molar-refractivity contribution in [3.63, 3.8) is 0 Å². The Morgan fingerprint density at radius 3 is 1.82 bits per heavy atom. The van der Waals surface area contributed by atoms with Crippen molar-refractivity contribution in [3.05, 3.63) is 0 Å². The Labute approximate surface area is 244 Å². The van der Waals surface area contributed by atoms with E-state index in [1.54, 1.807) is 0 Å². The molecule has 1 aliphatic heterocycles.